The molecule has 0 aliphatic heterocycles. The number of phenols is 1. The summed E-state index contributed by atoms with van der Waals surface area (Å²) >= 11 is 0. The van der Waals surface area contributed by atoms with E-state index in [1.165, 1.54) is 0 Å². The third-order valence-corrected chi connectivity index (χ3v) is 2.17. The molecule has 2 nitrogen and oxygen atoms in total. The molecule has 86 valence electrons. The first-order chi connectivity index (χ1) is 7.06. The van der Waals surface area contributed by atoms with E-state index in [2.05, 4.69) is 0 Å². The lowest BCUT2D eigenvalue weighted by molar-refractivity contribution is 0.406. The molecule has 1 N–H and O–H groups in total. The Morgan fingerprint density at radius 3 is 2.13 bits per heavy atom. The third kappa shape index (κ3) is 3.46. The molecule has 0 atom stereocenters. The van der Waals surface area contributed by atoms with E-state index in [-0.39, 0.29) is 0 Å². The summed E-state index contributed by atoms with van der Waals surface area (Å²) in [6, 6.07) is 3.64. The Morgan fingerprint density at radius 1 is 1.20 bits per heavy atom. The number of aryl methyl sites for hydroxylation is 1. The summed E-state index contributed by atoms with van der Waals surface area (Å²) < 4.78 is 5.18. The Balaban J connectivity index is 0.000000921. The number of benzene rings is 1. The second-order valence-corrected chi connectivity index (χ2v) is 3.54. The van der Waals surface area contributed by atoms with Gasteiger partial charge in [-0.3, -0.25) is 0 Å². The maximum absolute atomic E-state index is 9.63. The van der Waals surface area contributed by atoms with Crippen LogP contribution in [-0.4, -0.2) is 12.2 Å². The molecule has 0 aliphatic carbocycles. The molecule has 2 heteroatoms. The summed E-state index contributed by atoms with van der Waals surface area (Å²) in [6.45, 7) is 10.0. The highest BCUT2D eigenvalue weighted by Gasteiger charge is 2.09. The van der Waals surface area contributed by atoms with Crippen molar-refractivity contribution >= 4 is 0 Å². The first-order valence-electron chi connectivity index (χ1n) is 5.43. The van der Waals surface area contributed by atoms with Gasteiger partial charge in [-0.25, -0.2) is 0 Å². The SMILES string of the molecule is CC.COc1cc(C(C)C)c(O)cc1C. The molecule has 0 radical (unpaired) electrons. The van der Waals surface area contributed by atoms with Crippen molar-refractivity contribution in [2.45, 2.75) is 40.5 Å². The van der Waals surface area contributed by atoms with Crippen LogP contribution < -0.4 is 4.74 Å². The maximum atomic E-state index is 9.63. The van der Waals surface area contributed by atoms with E-state index in [0.29, 0.717) is 11.7 Å². The van der Waals surface area contributed by atoms with E-state index in [0.717, 1.165) is 16.9 Å². The van der Waals surface area contributed by atoms with Crippen molar-refractivity contribution in [1.29, 1.82) is 0 Å². The molecule has 1 rings (SSSR count). The molecule has 0 amide bonds. The fourth-order valence-corrected chi connectivity index (χ4v) is 1.37. The predicted molar refractivity (Wildman–Crippen MR) is 64.8 cm³/mol. The molecular weight excluding hydrogens is 188 g/mol. The van der Waals surface area contributed by atoms with Gasteiger partial charge in [0.25, 0.3) is 0 Å². The first-order valence-corrected chi connectivity index (χ1v) is 5.43. The number of hydrogen-bond donors (Lipinski definition) is 1. The minimum absolute atomic E-state index is 0.314. The number of phenolic OH excluding ortho intramolecular Hbond substituents is 1. The van der Waals surface area contributed by atoms with Gasteiger partial charge >= 0.3 is 0 Å². The van der Waals surface area contributed by atoms with Gasteiger partial charge in [-0.05, 0) is 30.5 Å². The summed E-state index contributed by atoms with van der Waals surface area (Å²) in [5.74, 6) is 1.50. The van der Waals surface area contributed by atoms with E-state index in [9.17, 15) is 5.11 Å². The average molecular weight is 210 g/mol. The second kappa shape index (κ2) is 6.33. The van der Waals surface area contributed by atoms with Crippen LogP contribution in [0.3, 0.4) is 0 Å². The first kappa shape index (κ1) is 13.8. The Hall–Kier alpha value is -1.18. The monoisotopic (exact) mass is 210 g/mol. The van der Waals surface area contributed by atoms with E-state index in [1.54, 1.807) is 13.2 Å². The van der Waals surface area contributed by atoms with Crippen molar-refractivity contribution in [3.8, 4) is 11.5 Å². The van der Waals surface area contributed by atoms with Gasteiger partial charge in [-0.15, -0.1) is 0 Å². The van der Waals surface area contributed by atoms with Crippen LogP contribution in [0.25, 0.3) is 0 Å². The number of hydrogen-bond acceptors (Lipinski definition) is 2. The predicted octanol–water partition coefficient (Wildman–Crippen LogP) is 3.86. The zero-order valence-corrected chi connectivity index (χ0v) is 10.6. The standard InChI is InChI=1S/C11H16O2.C2H6/c1-7(2)9-6-11(13-4)8(3)5-10(9)12;1-2/h5-7,12H,1-4H3;1-2H3. The van der Waals surface area contributed by atoms with E-state index < -0.39 is 0 Å². The average Bonchev–Trinajstić information content (AvgIpc) is 2.20. The van der Waals surface area contributed by atoms with Crippen LogP contribution in [0.2, 0.25) is 0 Å². The van der Waals surface area contributed by atoms with Crippen molar-refractivity contribution in [2.75, 3.05) is 7.11 Å². The molecule has 0 heterocycles. The van der Waals surface area contributed by atoms with Gasteiger partial charge in [0.15, 0.2) is 0 Å². The molecule has 1 aromatic rings. The van der Waals surface area contributed by atoms with Crippen molar-refractivity contribution in [3.63, 3.8) is 0 Å². The summed E-state index contributed by atoms with van der Waals surface area (Å²) in [5.41, 5.74) is 1.90. The molecule has 15 heavy (non-hydrogen) atoms. The van der Waals surface area contributed by atoms with Crippen molar-refractivity contribution in [2.24, 2.45) is 0 Å². The van der Waals surface area contributed by atoms with E-state index in [4.69, 9.17) is 4.74 Å². The van der Waals surface area contributed by atoms with Gasteiger partial charge in [0.05, 0.1) is 7.11 Å². The van der Waals surface area contributed by atoms with Crippen molar-refractivity contribution in [3.05, 3.63) is 23.3 Å². The van der Waals surface area contributed by atoms with Gasteiger partial charge in [0.1, 0.15) is 11.5 Å². The van der Waals surface area contributed by atoms with Gasteiger partial charge in [-0.2, -0.15) is 0 Å². The zero-order valence-electron chi connectivity index (χ0n) is 10.6. The minimum atomic E-state index is 0.314. The van der Waals surface area contributed by atoms with Crippen molar-refractivity contribution in [1.82, 2.24) is 0 Å². The van der Waals surface area contributed by atoms with Gasteiger partial charge in [0.2, 0.25) is 0 Å². The molecule has 0 aromatic heterocycles. The second-order valence-electron chi connectivity index (χ2n) is 3.54. The lowest BCUT2D eigenvalue weighted by atomic mass is 10.00. The molecule has 0 saturated heterocycles. The lowest BCUT2D eigenvalue weighted by Gasteiger charge is -2.12. The smallest absolute Gasteiger partial charge is 0.122 e. The normalized spacial score (nSPS) is 9.53. The Labute approximate surface area is 92.9 Å². The Bertz CT molecular complexity index is 304. The number of rotatable bonds is 2. The molecule has 1 aromatic carbocycles. The fraction of sp³-hybridized carbons (Fsp3) is 0.538. The molecule has 0 fully saturated rings. The van der Waals surface area contributed by atoms with Crippen LogP contribution in [0.15, 0.2) is 12.1 Å². The topological polar surface area (TPSA) is 29.5 Å². The Kier molecular flexibility index (Phi) is 5.83. The number of aromatic hydroxyl groups is 1. The van der Waals surface area contributed by atoms with Crippen molar-refractivity contribution < 1.29 is 9.84 Å². The van der Waals surface area contributed by atoms with Gasteiger partial charge < -0.3 is 9.84 Å². The minimum Gasteiger partial charge on any atom is -0.508 e. The fourth-order valence-electron chi connectivity index (χ4n) is 1.37. The van der Waals surface area contributed by atoms with Crippen LogP contribution >= 0.6 is 0 Å². The molecule has 0 spiro atoms. The highest BCUT2D eigenvalue weighted by atomic mass is 16.5. The number of methoxy groups -OCH3 is 1. The van der Waals surface area contributed by atoms with Crippen LogP contribution in [0.5, 0.6) is 11.5 Å². The largest absolute Gasteiger partial charge is 0.508 e. The summed E-state index contributed by atoms with van der Waals surface area (Å²) in [6.07, 6.45) is 0. The summed E-state index contributed by atoms with van der Waals surface area (Å²) in [5, 5.41) is 9.63. The molecular formula is C13H22O2. The van der Waals surface area contributed by atoms with Crippen LogP contribution in [0.4, 0.5) is 0 Å². The molecule has 0 aliphatic rings. The van der Waals surface area contributed by atoms with Crippen LogP contribution in [0, 0.1) is 6.92 Å². The van der Waals surface area contributed by atoms with Gasteiger partial charge in [-0.1, -0.05) is 27.7 Å². The van der Waals surface area contributed by atoms with Gasteiger partial charge in [0, 0.05) is 5.56 Å². The maximum Gasteiger partial charge on any atom is 0.122 e. The van der Waals surface area contributed by atoms with Crippen LogP contribution in [0.1, 0.15) is 44.7 Å². The Morgan fingerprint density at radius 2 is 1.73 bits per heavy atom. The molecule has 0 bridgehead atoms. The third-order valence-electron chi connectivity index (χ3n) is 2.17. The highest BCUT2D eigenvalue weighted by molar-refractivity contribution is 5.46. The lowest BCUT2D eigenvalue weighted by Crippen LogP contribution is -1.93. The summed E-state index contributed by atoms with van der Waals surface area (Å²) in [4.78, 5) is 0. The quantitative estimate of drug-likeness (QED) is 0.803. The van der Waals surface area contributed by atoms with E-state index >= 15 is 0 Å². The summed E-state index contributed by atoms with van der Waals surface area (Å²) in [7, 11) is 1.64. The molecule has 0 unspecified atom stereocenters. The number of ether oxygens (including phenoxy) is 1. The molecule has 0 saturated carbocycles. The zero-order chi connectivity index (χ0) is 12.0. The highest BCUT2D eigenvalue weighted by Crippen LogP contribution is 2.31. The van der Waals surface area contributed by atoms with E-state index in [1.807, 2.05) is 40.7 Å². The van der Waals surface area contributed by atoms with Crippen LogP contribution in [-0.2, 0) is 0 Å².